The largest absolute Gasteiger partial charge is 0.218 e. The van der Waals surface area contributed by atoms with Gasteiger partial charge in [-0.1, -0.05) is 43.0 Å². The molecular weight excluding hydrogens is 220 g/mol. The van der Waals surface area contributed by atoms with Gasteiger partial charge in [-0.05, 0) is 13.0 Å². The monoisotopic (exact) mass is 232 g/mol. The van der Waals surface area contributed by atoms with E-state index in [1.165, 1.54) is 0 Å². The van der Waals surface area contributed by atoms with Crippen molar-refractivity contribution in [1.29, 1.82) is 0 Å². The molecule has 1 heterocycles. The molecule has 0 saturated carbocycles. The summed E-state index contributed by atoms with van der Waals surface area (Å²) in [6.07, 6.45) is 4.97. The average molecular weight is 232 g/mol. The van der Waals surface area contributed by atoms with Gasteiger partial charge in [-0.2, -0.15) is 0 Å². The van der Waals surface area contributed by atoms with E-state index in [2.05, 4.69) is 6.58 Å². The van der Waals surface area contributed by atoms with Crippen LogP contribution in [0.4, 0.5) is 0 Å². The molecule has 1 aromatic carbocycles. The van der Waals surface area contributed by atoms with Gasteiger partial charge in [0.15, 0.2) is 0 Å². The lowest BCUT2D eigenvalue weighted by Gasteiger charge is -1.97. The Bertz CT molecular complexity index is 605. The van der Waals surface area contributed by atoms with E-state index in [-0.39, 0.29) is 0 Å². The lowest BCUT2D eigenvalue weighted by molar-refractivity contribution is 0.604. The van der Waals surface area contributed by atoms with Crippen molar-refractivity contribution >= 4 is 15.4 Å². The highest BCUT2D eigenvalue weighted by molar-refractivity contribution is 7.96. The van der Waals surface area contributed by atoms with Gasteiger partial charge in [0.05, 0.1) is 9.80 Å². The minimum absolute atomic E-state index is 0.369. The van der Waals surface area contributed by atoms with Crippen LogP contribution in [0.15, 0.2) is 58.9 Å². The molecule has 0 unspecified atom stereocenters. The molecule has 0 saturated heterocycles. The summed E-state index contributed by atoms with van der Waals surface area (Å²) in [6.45, 7) is 5.35. The van der Waals surface area contributed by atoms with Crippen LogP contribution in [0.2, 0.25) is 0 Å². The number of benzene rings is 1. The number of allylic oxidation sites excluding steroid dienone is 4. The van der Waals surface area contributed by atoms with Crippen molar-refractivity contribution < 1.29 is 8.42 Å². The van der Waals surface area contributed by atoms with Gasteiger partial charge in [-0.3, -0.25) is 0 Å². The summed E-state index contributed by atoms with van der Waals surface area (Å²) in [5.74, 6) is 0. The van der Waals surface area contributed by atoms with Crippen molar-refractivity contribution in [2.75, 3.05) is 0 Å². The van der Waals surface area contributed by atoms with Gasteiger partial charge in [0.1, 0.15) is 0 Å². The standard InChI is InChI=1S/C13H12O2S/c1-3-7-10-11-8-5-6-9-13(11)16(14,15)12(10)4-2/h3-9H,1H2,2H3. The zero-order valence-corrected chi connectivity index (χ0v) is 9.79. The molecule has 0 N–H and O–H groups in total. The molecule has 0 aromatic heterocycles. The number of hydrogen-bond donors (Lipinski definition) is 0. The number of rotatable bonds is 1. The summed E-state index contributed by atoms with van der Waals surface area (Å²) in [5.41, 5.74) is 1.49. The molecular formula is C13H12O2S. The van der Waals surface area contributed by atoms with E-state index in [0.717, 1.165) is 11.1 Å². The highest BCUT2D eigenvalue weighted by atomic mass is 32.2. The first-order valence-electron chi connectivity index (χ1n) is 4.97. The Hall–Kier alpha value is -1.61. The molecule has 3 heteroatoms. The lowest BCUT2D eigenvalue weighted by atomic mass is 10.1. The molecule has 0 bridgehead atoms. The van der Waals surface area contributed by atoms with E-state index in [0.29, 0.717) is 9.80 Å². The highest BCUT2D eigenvalue weighted by Crippen LogP contribution is 2.42. The summed E-state index contributed by atoms with van der Waals surface area (Å²) in [6, 6.07) is 7.03. The van der Waals surface area contributed by atoms with Gasteiger partial charge in [0.2, 0.25) is 9.84 Å². The Balaban J connectivity index is 2.87. The fourth-order valence-corrected chi connectivity index (χ4v) is 3.66. The molecule has 1 aliphatic rings. The quantitative estimate of drug-likeness (QED) is 0.746. The summed E-state index contributed by atoms with van der Waals surface area (Å²) < 4.78 is 24.3. The van der Waals surface area contributed by atoms with Crippen LogP contribution in [0.25, 0.3) is 5.57 Å². The maximum atomic E-state index is 12.2. The van der Waals surface area contributed by atoms with Crippen molar-refractivity contribution in [2.24, 2.45) is 0 Å². The van der Waals surface area contributed by atoms with Gasteiger partial charge in [-0.15, -0.1) is 0 Å². The Morgan fingerprint density at radius 2 is 1.94 bits per heavy atom. The summed E-state index contributed by atoms with van der Waals surface area (Å²) in [5, 5.41) is 0. The van der Waals surface area contributed by atoms with Crippen molar-refractivity contribution in [3.63, 3.8) is 0 Å². The maximum absolute atomic E-state index is 12.2. The second-order valence-corrected chi connectivity index (χ2v) is 5.36. The minimum atomic E-state index is -3.32. The molecule has 0 fully saturated rings. The van der Waals surface area contributed by atoms with Gasteiger partial charge < -0.3 is 0 Å². The van der Waals surface area contributed by atoms with Gasteiger partial charge in [0, 0.05) is 11.1 Å². The number of hydrogen-bond acceptors (Lipinski definition) is 2. The van der Waals surface area contributed by atoms with Crippen LogP contribution in [0, 0.1) is 0 Å². The number of sulfone groups is 1. The van der Waals surface area contributed by atoms with E-state index in [1.807, 2.05) is 12.1 Å². The Morgan fingerprint density at radius 1 is 1.25 bits per heavy atom. The van der Waals surface area contributed by atoms with Crippen molar-refractivity contribution in [1.82, 2.24) is 0 Å². The predicted molar refractivity (Wildman–Crippen MR) is 65.6 cm³/mol. The second-order valence-electron chi connectivity index (χ2n) is 3.47. The van der Waals surface area contributed by atoms with Gasteiger partial charge in [-0.25, -0.2) is 8.42 Å². The Kier molecular flexibility index (Phi) is 2.56. The highest BCUT2D eigenvalue weighted by Gasteiger charge is 2.34. The zero-order valence-electron chi connectivity index (χ0n) is 8.97. The normalized spacial score (nSPS) is 22.3. The first kappa shape index (κ1) is 10.9. The van der Waals surface area contributed by atoms with E-state index in [1.54, 1.807) is 37.3 Å². The molecule has 1 aliphatic heterocycles. The summed E-state index contributed by atoms with van der Waals surface area (Å²) in [7, 11) is -3.32. The van der Waals surface area contributed by atoms with Crippen molar-refractivity contribution in [3.05, 3.63) is 59.5 Å². The third-order valence-electron chi connectivity index (χ3n) is 2.57. The molecule has 16 heavy (non-hydrogen) atoms. The third kappa shape index (κ3) is 1.36. The van der Waals surface area contributed by atoms with Crippen LogP contribution in [0.3, 0.4) is 0 Å². The maximum Gasteiger partial charge on any atom is 0.207 e. The fraction of sp³-hybridized carbons (Fsp3) is 0.0769. The smallest absolute Gasteiger partial charge is 0.207 e. The van der Waals surface area contributed by atoms with E-state index >= 15 is 0 Å². The van der Waals surface area contributed by atoms with Crippen LogP contribution in [0.5, 0.6) is 0 Å². The third-order valence-corrected chi connectivity index (χ3v) is 4.54. The first-order chi connectivity index (χ1) is 7.62. The van der Waals surface area contributed by atoms with Crippen LogP contribution >= 0.6 is 0 Å². The molecule has 2 nitrogen and oxygen atoms in total. The molecule has 0 aliphatic carbocycles. The Morgan fingerprint density at radius 3 is 2.56 bits per heavy atom. The predicted octanol–water partition coefficient (Wildman–Crippen LogP) is 2.95. The second kappa shape index (κ2) is 3.76. The Labute approximate surface area is 95.5 Å². The SMILES string of the molecule is C=CC=C1C(=CC)S(=O)(=O)c2ccccc21. The minimum Gasteiger partial charge on any atom is -0.218 e. The van der Waals surface area contributed by atoms with Crippen molar-refractivity contribution in [3.8, 4) is 0 Å². The van der Waals surface area contributed by atoms with E-state index < -0.39 is 9.84 Å². The van der Waals surface area contributed by atoms with Gasteiger partial charge in [0.25, 0.3) is 0 Å². The topological polar surface area (TPSA) is 34.1 Å². The molecule has 0 atom stereocenters. The molecule has 0 amide bonds. The van der Waals surface area contributed by atoms with Crippen LogP contribution in [-0.4, -0.2) is 8.42 Å². The van der Waals surface area contributed by atoms with Crippen molar-refractivity contribution in [2.45, 2.75) is 11.8 Å². The zero-order chi connectivity index (χ0) is 11.8. The number of fused-ring (bicyclic) bond motifs is 1. The average Bonchev–Trinajstić information content (AvgIpc) is 2.49. The van der Waals surface area contributed by atoms with Crippen LogP contribution in [0.1, 0.15) is 12.5 Å². The summed E-state index contributed by atoms with van der Waals surface area (Å²) >= 11 is 0. The molecule has 82 valence electrons. The molecule has 0 radical (unpaired) electrons. The molecule has 0 spiro atoms. The summed E-state index contributed by atoms with van der Waals surface area (Å²) in [4.78, 5) is 0.754. The van der Waals surface area contributed by atoms with E-state index in [4.69, 9.17) is 0 Å². The lowest BCUT2D eigenvalue weighted by Crippen LogP contribution is -1.96. The first-order valence-corrected chi connectivity index (χ1v) is 6.45. The molecule has 1 aromatic rings. The van der Waals surface area contributed by atoms with Gasteiger partial charge >= 0.3 is 0 Å². The molecule has 2 rings (SSSR count). The van der Waals surface area contributed by atoms with Crippen LogP contribution < -0.4 is 0 Å². The van der Waals surface area contributed by atoms with Crippen LogP contribution in [-0.2, 0) is 9.84 Å². The van der Waals surface area contributed by atoms with E-state index in [9.17, 15) is 8.42 Å². The fourth-order valence-electron chi connectivity index (χ4n) is 1.92.